The normalized spacial score (nSPS) is 18.7. The maximum absolute atomic E-state index is 5.87. The molecule has 1 fully saturated rings. The summed E-state index contributed by atoms with van der Waals surface area (Å²) in [6.45, 7) is 3.21. The van der Waals surface area contributed by atoms with Crippen LogP contribution in [0.2, 0.25) is 0 Å². The quantitative estimate of drug-likeness (QED) is 0.712. The Morgan fingerprint density at radius 1 is 1.24 bits per heavy atom. The van der Waals surface area contributed by atoms with Crippen LogP contribution in [0.5, 0.6) is 0 Å². The summed E-state index contributed by atoms with van der Waals surface area (Å²) >= 11 is 0. The van der Waals surface area contributed by atoms with Gasteiger partial charge in [0.05, 0.1) is 6.54 Å². The van der Waals surface area contributed by atoms with E-state index in [0.717, 1.165) is 61.0 Å². The third kappa shape index (κ3) is 3.70. The van der Waals surface area contributed by atoms with Crippen molar-refractivity contribution in [1.82, 2.24) is 19.9 Å². The summed E-state index contributed by atoms with van der Waals surface area (Å²) < 4.78 is 11.0. The topological polar surface area (TPSA) is 64.3 Å². The van der Waals surface area contributed by atoms with Gasteiger partial charge in [0.2, 0.25) is 5.89 Å². The van der Waals surface area contributed by atoms with Gasteiger partial charge in [0.25, 0.3) is 0 Å². The number of nitrogens with zero attached hydrogens (tertiary/aromatic N) is 4. The molecular formula is C19H22N4O2. The minimum absolute atomic E-state index is 0.414. The SMILES string of the molecule is COCc1nccc(C2CCCN(Cc3nc4ccccc4o3)C2)n1. The van der Waals surface area contributed by atoms with Gasteiger partial charge >= 0.3 is 0 Å². The highest BCUT2D eigenvalue weighted by molar-refractivity contribution is 5.72. The van der Waals surface area contributed by atoms with Crippen LogP contribution < -0.4 is 0 Å². The molecule has 0 bridgehead atoms. The molecule has 0 spiro atoms. The number of hydrogen-bond acceptors (Lipinski definition) is 6. The van der Waals surface area contributed by atoms with Crippen molar-refractivity contribution < 1.29 is 9.15 Å². The Balaban J connectivity index is 1.46. The minimum Gasteiger partial charge on any atom is -0.439 e. The highest BCUT2D eigenvalue weighted by Crippen LogP contribution is 2.27. The molecular weight excluding hydrogens is 316 g/mol. The predicted octanol–water partition coefficient (Wildman–Crippen LogP) is 3.14. The minimum atomic E-state index is 0.414. The molecule has 1 aliphatic rings. The molecule has 1 unspecified atom stereocenters. The second kappa shape index (κ2) is 7.29. The molecule has 6 nitrogen and oxygen atoms in total. The van der Waals surface area contributed by atoms with Gasteiger partial charge in [-0.25, -0.2) is 15.0 Å². The van der Waals surface area contributed by atoms with Crippen molar-refractivity contribution in [1.29, 1.82) is 0 Å². The Bertz CT molecular complexity index is 815. The summed E-state index contributed by atoms with van der Waals surface area (Å²) in [7, 11) is 1.67. The van der Waals surface area contributed by atoms with Gasteiger partial charge in [-0.15, -0.1) is 0 Å². The number of benzene rings is 1. The summed E-state index contributed by atoms with van der Waals surface area (Å²) in [4.78, 5) is 15.9. The van der Waals surface area contributed by atoms with Crippen LogP contribution in [0.3, 0.4) is 0 Å². The van der Waals surface area contributed by atoms with Crippen LogP contribution in [0, 0.1) is 0 Å². The fraction of sp³-hybridized carbons (Fsp3) is 0.421. The van der Waals surface area contributed by atoms with Crippen LogP contribution >= 0.6 is 0 Å². The number of hydrogen-bond donors (Lipinski definition) is 0. The first-order valence-corrected chi connectivity index (χ1v) is 8.69. The number of piperidine rings is 1. The molecule has 1 saturated heterocycles. The average molecular weight is 338 g/mol. The molecule has 0 saturated carbocycles. The highest BCUT2D eigenvalue weighted by Gasteiger charge is 2.24. The summed E-state index contributed by atoms with van der Waals surface area (Å²) in [5.41, 5.74) is 2.88. The van der Waals surface area contributed by atoms with Crippen LogP contribution in [0.15, 0.2) is 40.9 Å². The van der Waals surface area contributed by atoms with Crippen LogP contribution in [-0.4, -0.2) is 40.1 Å². The number of oxazole rings is 1. The van der Waals surface area contributed by atoms with Crippen LogP contribution in [0.4, 0.5) is 0 Å². The number of para-hydroxylation sites is 2. The number of likely N-dealkylation sites (tertiary alicyclic amines) is 1. The molecule has 25 heavy (non-hydrogen) atoms. The van der Waals surface area contributed by atoms with Gasteiger partial charge < -0.3 is 9.15 Å². The molecule has 0 N–H and O–H groups in total. The molecule has 0 radical (unpaired) electrons. The third-order valence-corrected chi connectivity index (χ3v) is 4.62. The van der Waals surface area contributed by atoms with Gasteiger partial charge in [-0.3, -0.25) is 4.90 Å². The molecule has 130 valence electrons. The molecule has 4 rings (SSSR count). The smallest absolute Gasteiger partial charge is 0.209 e. The molecule has 0 amide bonds. The van der Waals surface area contributed by atoms with Gasteiger partial charge in [0, 0.05) is 31.5 Å². The first-order valence-electron chi connectivity index (χ1n) is 8.69. The van der Waals surface area contributed by atoms with Gasteiger partial charge in [-0.1, -0.05) is 12.1 Å². The maximum atomic E-state index is 5.87. The van der Waals surface area contributed by atoms with Gasteiger partial charge in [0.1, 0.15) is 12.1 Å². The first-order chi connectivity index (χ1) is 12.3. The zero-order valence-corrected chi connectivity index (χ0v) is 14.4. The lowest BCUT2D eigenvalue weighted by Crippen LogP contribution is -2.34. The van der Waals surface area contributed by atoms with E-state index in [2.05, 4.69) is 19.9 Å². The summed E-state index contributed by atoms with van der Waals surface area (Å²) in [6, 6.07) is 9.93. The van der Waals surface area contributed by atoms with E-state index in [-0.39, 0.29) is 0 Å². The lowest BCUT2D eigenvalue weighted by Gasteiger charge is -2.31. The average Bonchev–Trinajstić information content (AvgIpc) is 3.05. The van der Waals surface area contributed by atoms with Gasteiger partial charge in [-0.05, 0) is 37.6 Å². The number of methoxy groups -OCH3 is 1. The standard InChI is InChI=1S/C19H22N4O2/c1-24-13-18-20-9-8-15(21-18)14-5-4-10-23(11-14)12-19-22-16-6-2-3-7-17(16)25-19/h2-3,6-9,14H,4-5,10-13H2,1H3. The number of rotatable bonds is 5. The fourth-order valence-electron chi connectivity index (χ4n) is 3.46. The lowest BCUT2D eigenvalue weighted by atomic mass is 9.94. The molecule has 1 atom stereocenters. The van der Waals surface area contributed by atoms with E-state index >= 15 is 0 Å². The second-order valence-electron chi connectivity index (χ2n) is 6.48. The van der Waals surface area contributed by atoms with Crippen molar-refractivity contribution in [3.63, 3.8) is 0 Å². The Morgan fingerprint density at radius 3 is 3.04 bits per heavy atom. The van der Waals surface area contributed by atoms with Crippen LogP contribution in [-0.2, 0) is 17.9 Å². The molecule has 2 aromatic heterocycles. The third-order valence-electron chi connectivity index (χ3n) is 4.62. The van der Waals surface area contributed by atoms with E-state index < -0.39 is 0 Å². The van der Waals surface area contributed by atoms with E-state index in [4.69, 9.17) is 9.15 Å². The molecule has 0 aliphatic carbocycles. The Kier molecular flexibility index (Phi) is 4.72. The maximum Gasteiger partial charge on any atom is 0.209 e. The van der Waals surface area contributed by atoms with Gasteiger partial charge in [-0.2, -0.15) is 0 Å². The Morgan fingerprint density at radius 2 is 2.16 bits per heavy atom. The zero-order valence-electron chi connectivity index (χ0n) is 14.4. The van der Waals surface area contributed by atoms with E-state index in [1.807, 2.05) is 36.5 Å². The predicted molar refractivity (Wildman–Crippen MR) is 94.0 cm³/mol. The summed E-state index contributed by atoms with van der Waals surface area (Å²) in [6.07, 6.45) is 4.12. The number of fused-ring (bicyclic) bond motifs is 1. The summed E-state index contributed by atoms with van der Waals surface area (Å²) in [5, 5.41) is 0. The fourth-order valence-corrected chi connectivity index (χ4v) is 3.46. The molecule has 6 heteroatoms. The van der Waals surface area contributed by atoms with Crippen molar-refractivity contribution in [3.8, 4) is 0 Å². The molecule has 3 aromatic rings. The van der Waals surface area contributed by atoms with Crippen molar-refractivity contribution in [3.05, 3.63) is 53.9 Å². The lowest BCUT2D eigenvalue weighted by molar-refractivity contribution is 0.174. The van der Waals surface area contributed by atoms with Crippen molar-refractivity contribution in [2.45, 2.75) is 31.9 Å². The first kappa shape index (κ1) is 16.2. The van der Waals surface area contributed by atoms with E-state index in [9.17, 15) is 0 Å². The van der Waals surface area contributed by atoms with Gasteiger partial charge in [0.15, 0.2) is 11.4 Å². The molecule has 1 aliphatic heterocycles. The van der Waals surface area contributed by atoms with E-state index in [1.54, 1.807) is 7.11 Å². The zero-order chi connectivity index (χ0) is 17.1. The van der Waals surface area contributed by atoms with Crippen molar-refractivity contribution in [2.24, 2.45) is 0 Å². The Hall–Kier alpha value is -2.31. The highest BCUT2D eigenvalue weighted by atomic mass is 16.5. The summed E-state index contributed by atoms with van der Waals surface area (Å²) in [5.74, 6) is 1.94. The van der Waals surface area contributed by atoms with E-state index in [1.165, 1.54) is 0 Å². The van der Waals surface area contributed by atoms with Crippen molar-refractivity contribution >= 4 is 11.1 Å². The van der Waals surface area contributed by atoms with Crippen LogP contribution in [0.1, 0.15) is 36.2 Å². The Labute approximate surface area is 146 Å². The van der Waals surface area contributed by atoms with E-state index in [0.29, 0.717) is 12.5 Å². The number of aromatic nitrogens is 3. The monoisotopic (exact) mass is 338 g/mol. The van der Waals surface area contributed by atoms with Crippen LogP contribution in [0.25, 0.3) is 11.1 Å². The molecule has 1 aromatic carbocycles. The molecule has 3 heterocycles. The second-order valence-corrected chi connectivity index (χ2v) is 6.48. The van der Waals surface area contributed by atoms with Crippen molar-refractivity contribution in [2.75, 3.05) is 20.2 Å². The number of ether oxygens (including phenoxy) is 1. The largest absolute Gasteiger partial charge is 0.439 e.